The van der Waals surface area contributed by atoms with E-state index in [0.29, 0.717) is 0 Å². The van der Waals surface area contributed by atoms with E-state index >= 15 is 0 Å². The number of rotatable bonds is 1. The molecule has 0 saturated heterocycles. The maximum Gasteiger partial charge on any atom is 0.136 e. The molecule has 0 radical (unpaired) electrons. The standard InChI is InChI=1S/C15H15N3/c1-18(2)15-12-6-4-3-5-11(12)13-9-10(16)7-8-14(13)17-15/h3-9H,16H2,1-2H3. The maximum atomic E-state index is 5.87. The van der Waals surface area contributed by atoms with Gasteiger partial charge in [0.05, 0.1) is 5.52 Å². The number of fused-ring (bicyclic) bond motifs is 3. The zero-order valence-electron chi connectivity index (χ0n) is 10.5. The second-order valence-electron chi connectivity index (χ2n) is 4.65. The Bertz CT molecular complexity index is 732. The van der Waals surface area contributed by atoms with Gasteiger partial charge in [0.25, 0.3) is 0 Å². The summed E-state index contributed by atoms with van der Waals surface area (Å²) in [5.74, 6) is 0.989. The molecule has 0 fully saturated rings. The molecule has 3 heteroatoms. The Hall–Kier alpha value is -2.29. The van der Waals surface area contributed by atoms with Crippen molar-refractivity contribution in [2.24, 2.45) is 0 Å². The highest BCUT2D eigenvalue weighted by atomic mass is 15.1. The molecule has 0 saturated carbocycles. The van der Waals surface area contributed by atoms with Crippen molar-refractivity contribution in [3.05, 3.63) is 42.5 Å². The van der Waals surface area contributed by atoms with Crippen molar-refractivity contribution < 1.29 is 0 Å². The van der Waals surface area contributed by atoms with Gasteiger partial charge >= 0.3 is 0 Å². The molecule has 2 aromatic carbocycles. The van der Waals surface area contributed by atoms with Gasteiger partial charge in [0.1, 0.15) is 5.82 Å². The molecule has 0 spiro atoms. The van der Waals surface area contributed by atoms with Crippen LogP contribution in [0.2, 0.25) is 0 Å². The summed E-state index contributed by atoms with van der Waals surface area (Å²) in [7, 11) is 4.02. The third kappa shape index (κ3) is 1.56. The van der Waals surface area contributed by atoms with Gasteiger partial charge in [0, 0.05) is 30.6 Å². The molecule has 0 bridgehead atoms. The highest BCUT2D eigenvalue weighted by molar-refractivity contribution is 6.10. The van der Waals surface area contributed by atoms with Gasteiger partial charge in [-0.25, -0.2) is 4.98 Å². The highest BCUT2D eigenvalue weighted by Crippen LogP contribution is 2.31. The van der Waals surface area contributed by atoms with E-state index in [2.05, 4.69) is 12.1 Å². The topological polar surface area (TPSA) is 42.2 Å². The zero-order chi connectivity index (χ0) is 12.7. The van der Waals surface area contributed by atoms with Crippen molar-refractivity contribution in [3.8, 4) is 0 Å². The first-order chi connectivity index (χ1) is 8.66. The van der Waals surface area contributed by atoms with E-state index < -0.39 is 0 Å². The predicted octanol–water partition coefficient (Wildman–Crippen LogP) is 3.04. The normalized spacial score (nSPS) is 11.0. The summed E-state index contributed by atoms with van der Waals surface area (Å²) >= 11 is 0. The average Bonchev–Trinajstić information content (AvgIpc) is 2.37. The molecule has 0 aliphatic carbocycles. The van der Waals surface area contributed by atoms with Crippen molar-refractivity contribution in [3.63, 3.8) is 0 Å². The van der Waals surface area contributed by atoms with Crippen LogP contribution in [0, 0.1) is 0 Å². The number of nitrogen functional groups attached to an aromatic ring is 1. The molecule has 90 valence electrons. The van der Waals surface area contributed by atoms with Crippen LogP contribution < -0.4 is 10.6 Å². The van der Waals surface area contributed by atoms with Gasteiger partial charge in [-0.2, -0.15) is 0 Å². The van der Waals surface area contributed by atoms with E-state index in [1.807, 2.05) is 49.3 Å². The fourth-order valence-electron chi connectivity index (χ4n) is 2.30. The fraction of sp³-hybridized carbons (Fsp3) is 0.133. The molecule has 2 N–H and O–H groups in total. The van der Waals surface area contributed by atoms with Crippen LogP contribution in [0.5, 0.6) is 0 Å². The number of hydrogen-bond donors (Lipinski definition) is 1. The van der Waals surface area contributed by atoms with Gasteiger partial charge in [-0.15, -0.1) is 0 Å². The number of nitrogens with two attached hydrogens (primary N) is 1. The van der Waals surface area contributed by atoms with Crippen molar-refractivity contribution in [1.29, 1.82) is 0 Å². The van der Waals surface area contributed by atoms with E-state index in [4.69, 9.17) is 10.7 Å². The summed E-state index contributed by atoms with van der Waals surface area (Å²) in [6.07, 6.45) is 0. The first-order valence-corrected chi connectivity index (χ1v) is 5.92. The Morgan fingerprint density at radius 3 is 2.39 bits per heavy atom. The monoisotopic (exact) mass is 237 g/mol. The van der Waals surface area contributed by atoms with Gasteiger partial charge in [-0.05, 0) is 23.6 Å². The Kier molecular flexibility index (Phi) is 2.33. The van der Waals surface area contributed by atoms with Crippen molar-refractivity contribution in [2.75, 3.05) is 24.7 Å². The van der Waals surface area contributed by atoms with E-state index in [9.17, 15) is 0 Å². The lowest BCUT2D eigenvalue weighted by atomic mass is 10.1. The number of hydrogen-bond acceptors (Lipinski definition) is 3. The van der Waals surface area contributed by atoms with Crippen LogP contribution in [0.3, 0.4) is 0 Å². The molecule has 3 rings (SSSR count). The SMILES string of the molecule is CN(C)c1nc2ccc(N)cc2c2ccccc12. The predicted molar refractivity (Wildman–Crippen MR) is 78.0 cm³/mol. The fourth-order valence-corrected chi connectivity index (χ4v) is 2.30. The molecule has 3 aromatic rings. The van der Waals surface area contributed by atoms with E-state index in [0.717, 1.165) is 27.8 Å². The van der Waals surface area contributed by atoms with Gasteiger partial charge in [0.2, 0.25) is 0 Å². The lowest BCUT2D eigenvalue weighted by Gasteiger charge is -2.16. The lowest BCUT2D eigenvalue weighted by Crippen LogP contribution is -2.11. The molecule has 0 aliphatic heterocycles. The van der Waals surface area contributed by atoms with E-state index in [-0.39, 0.29) is 0 Å². The molecular weight excluding hydrogens is 222 g/mol. The van der Waals surface area contributed by atoms with Crippen LogP contribution in [-0.4, -0.2) is 19.1 Å². The summed E-state index contributed by atoms with van der Waals surface area (Å²) in [4.78, 5) is 6.75. The summed E-state index contributed by atoms with van der Waals surface area (Å²) < 4.78 is 0. The highest BCUT2D eigenvalue weighted by Gasteiger charge is 2.09. The molecule has 0 aliphatic rings. The number of anilines is 2. The second kappa shape index (κ2) is 3.88. The van der Waals surface area contributed by atoms with Crippen LogP contribution >= 0.6 is 0 Å². The first kappa shape index (κ1) is 10.8. The average molecular weight is 237 g/mol. The number of aromatic nitrogens is 1. The minimum absolute atomic E-state index is 0.770. The zero-order valence-corrected chi connectivity index (χ0v) is 10.5. The van der Waals surface area contributed by atoms with Gasteiger partial charge < -0.3 is 10.6 Å². The smallest absolute Gasteiger partial charge is 0.136 e. The van der Waals surface area contributed by atoms with Gasteiger partial charge in [-0.1, -0.05) is 24.3 Å². The molecule has 1 aromatic heterocycles. The van der Waals surface area contributed by atoms with Crippen molar-refractivity contribution in [2.45, 2.75) is 0 Å². The first-order valence-electron chi connectivity index (χ1n) is 5.92. The lowest BCUT2D eigenvalue weighted by molar-refractivity contribution is 1.10. The third-order valence-corrected chi connectivity index (χ3v) is 3.13. The summed E-state index contributed by atoms with van der Waals surface area (Å²) in [6.45, 7) is 0. The summed E-state index contributed by atoms with van der Waals surface area (Å²) in [6, 6.07) is 14.2. The Labute approximate surface area is 106 Å². The van der Waals surface area contributed by atoms with Crippen molar-refractivity contribution in [1.82, 2.24) is 4.98 Å². The number of benzene rings is 2. The molecule has 1 heterocycles. The largest absolute Gasteiger partial charge is 0.399 e. The van der Waals surface area contributed by atoms with Gasteiger partial charge in [0.15, 0.2) is 0 Å². The minimum atomic E-state index is 0.770. The number of pyridine rings is 1. The summed E-state index contributed by atoms with van der Waals surface area (Å²) in [5.41, 5.74) is 7.62. The number of nitrogens with zero attached hydrogens (tertiary/aromatic N) is 2. The van der Waals surface area contributed by atoms with Crippen LogP contribution in [0.25, 0.3) is 21.7 Å². The molecule has 18 heavy (non-hydrogen) atoms. The van der Waals surface area contributed by atoms with Crippen LogP contribution in [0.15, 0.2) is 42.5 Å². The Balaban J connectivity index is 2.53. The molecule has 0 atom stereocenters. The van der Waals surface area contributed by atoms with E-state index in [1.54, 1.807) is 0 Å². The Morgan fingerprint density at radius 2 is 1.67 bits per heavy atom. The molecule has 0 unspecified atom stereocenters. The molecule has 0 amide bonds. The second-order valence-corrected chi connectivity index (χ2v) is 4.65. The van der Waals surface area contributed by atoms with Gasteiger partial charge in [-0.3, -0.25) is 0 Å². The van der Waals surface area contributed by atoms with Crippen LogP contribution in [0.1, 0.15) is 0 Å². The van der Waals surface area contributed by atoms with Crippen LogP contribution in [-0.2, 0) is 0 Å². The third-order valence-electron chi connectivity index (χ3n) is 3.13. The molecular formula is C15H15N3. The Morgan fingerprint density at radius 1 is 0.944 bits per heavy atom. The van der Waals surface area contributed by atoms with E-state index in [1.165, 1.54) is 5.39 Å². The quantitative estimate of drug-likeness (QED) is 0.522. The van der Waals surface area contributed by atoms with Crippen molar-refractivity contribution >= 4 is 33.2 Å². The van der Waals surface area contributed by atoms with Crippen LogP contribution in [0.4, 0.5) is 11.5 Å². The molecule has 3 nitrogen and oxygen atoms in total. The maximum absolute atomic E-state index is 5.87. The minimum Gasteiger partial charge on any atom is -0.399 e. The summed E-state index contributed by atoms with van der Waals surface area (Å²) in [5, 5.41) is 3.45.